The van der Waals surface area contributed by atoms with Crippen LogP contribution in [0, 0.1) is 0 Å². The number of aromatic nitrogens is 1. The molecule has 4 aromatic rings. The molecule has 1 aromatic heterocycles. The summed E-state index contributed by atoms with van der Waals surface area (Å²) in [5, 5.41) is 15.4. The van der Waals surface area contributed by atoms with Crippen LogP contribution in [0.5, 0.6) is 0 Å². The third-order valence-electron chi connectivity index (χ3n) is 5.47. The van der Waals surface area contributed by atoms with E-state index in [0.29, 0.717) is 17.7 Å². The maximum atomic E-state index is 13.1. The van der Waals surface area contributed by atoms with E-state index < -0.39 is 17.9 Å². The van der Waals surface area contributed by atoms with Crippen molar-refractivity contribution in [2.45, 2.75) is 12.5 Å². The number of carbonyl (C=O) groups is 3. The lowest BCUT2D eigenvalue weighted by Crippen LogP contribution is -2.44. The predicted molar refractivity (Wildman–Crippen MR) is 134 cm³/mol. The molecule has 0 radical (unpaired) electrons. The molecule has 1 atom stereocenters. The summed E-state index contributed by atoms with van der Waals surface area (Å²) in [6.07, 6.45) is 5.06. The van der Waals surface area contributed by atoms with Gasteiger partial charge in [0.1, 0.15) is 6.04 Å². The van der Waals surface area contributed by atoms with E-state index >= 15 is 0 Å². The third kappa shape index (κ3) is 6.01. The van der Waals surface area contributed by atoms with Gasteiger partial charge >= 0.3 is 0 Å². The monoisotopic (exact) mass is 468 g/mol. The molecule has 5 N–H and O–H groups in total. The van der Waals surface area contributed by atoms with Gasteiger partial charge in [0.05, 0.1) is 0 Å². The van der Waals surface area contributed by atoms with Crippen LogP contribution < -0.4 is 16.1 Å². The van der Waals surface area contributed by atoms with Gasteiger partial charge in [-0.3, -0.25) is 19.6 Å². The highest BCUT2D eigenvalue weighted by molar-refractivity contribution is 6.00. The third-order valence-corrected chi connectivity index (χ3v) is 5.47. The Morgan fingerprint density at radius 3 is 2.37 bits per heavy atom. The first-order chi connectivity index (χ1) is 17.0. The molecule has 0 aliphatic rings. The number of carbonyl (C=O) groups excluding carboxylic acids is 3. The summed E-state index contributed by atoms with van der Waals surface area (Å²) in [7, 11) is 0. The molecule has 3 amide bonds. The molecule has 4 rings (SSSR count). The van der Waals surface area contributed by atoms with Crippen molar-refractivity contribution in [2.75, 3.05) is 5.32 Å². The van der Waals surface area contributed by atoms with E-state index in [1.165, 1.54) is 18.2 Å². The number of hydrogen-bond donors (Lipinski definition) is 5. The highest BCUT2D eigenvalue weighted by Crippen LogP contribution is 2.20. The quantitative estimate of drug-likeness (QED) is 0.154. The molecule has 0 spiro atoms. The molecular formula is C27H24N4O4. The predicted octanol–water partition coefficient (Wildman–Crippen LogP) is 3.67. The van der Waals surface area contributed by atoms with Gasteiger partial charge in [-0.05, 0) is 47.5 Å². The second-order valence-electron chi connectivity index (χ2n) is 7.88. The number of aromatic amines is 1. The van der Waals surface area contributed by atoms with Crippen molar-refractivity contribution in [1.29, 1.82) is 0 Å². The summed E-state index contributed by atoms with van der Waals surface area (Å²) in [5.41, 5.74) is 5.03. The molecule has 0 bridgehead atoms. The van der Waals surface area contributed by atoms with Gasteiger partial charge in [0.25, 0.3) is 5.91 Å². The lowest BCUT2D eigenvalue weighted by atomic mass is 10.0. The van der Waals surface area contributed by atoms with E-state index in [0.717, 1.165) is 16.5 Å². The topological polar surface area (TPSA) is 123 Å². The Morgan fingerprint density at radius 1 is 0.914 bits per heavy atom. The molecule has 0 saturated carbocycles. The van der Waals surface area contributed by atoms with Gasteiger partial charge in [0, 0.05) is 40.8 Å². The van der Waals surface area contributed by atoms with Gasteiger partial charge in [-0.15, -0.1) is 0 Å². The lowest BCUT2D eigenvalue weighted by molar-refractivity contribution is -0.123. The average molecular weight is 469 g/mol. The Kier molecular flexibility index (Phi) is 7.34. The largest absolute Gasteiger partial charge is 0.361 e. The Bertz CT molecular complexity index is 1360. The van der Waals surface area contributed by atoms with Crippen LogP contribution in [0.15, 0.2) is 91.1 Å². The van der Waals surface area contributed by atoms with Crippen molar-refractivity contribution in [1.82, 2.24) is 15.8 Å². The number of hydrogen-bond acceptors (Lipinski definition) is 4. The number of benzene rings is 3. The van der Waals surface area contributed by atoms with Gasteiger partial charge in [-0.1, -0.05) is 48.5 Å². The fraction of sp³-hybridized carbons (Fsp3) is 0.0741. The normalized spacial score (nSPS) is 11.8. The second-order valence-corrected chi connectivity index (χ2v) is 7.88. The van der Waals surface area contributed by atoms with Crippen LogP contribution in [-0.2, 0) is 16.0 Å². The minimum Gasteiger partial charge on any atom is -0.361 e. The summed E-state index contributed by atoms with van der Waals surface area (Å²) in [4.78, 5) is 40.4. The van der Waals surface area contributed by atoms with Crippen molar-refractivity contribution in [3.8, 4) is 0 Å². The first-order valence-corrected chi connectivity index (χ1v) is 11.0. The van der Waals surface area contributed by atoms with Crippen LogP contribution in [0.25, 0.3) is 17.0 Å². The molecule has 35 heavy (non-hydrogen) atoms. The van der Waals surface area contributed by atoms with E-state index in [1.807, 2.05) is 48.7 Å². The Labute approximate surface area is 201 Å². The zero-order valence-corrected chi connectivity index (χ0v) is 18.7. The maximum Gasteiger partial charge on any atom is 0.274 e. The summed E-state index contributed by atoms with van der Waals surface area (Å²) < 4.78 is 0. The summed E-state index contributed by atoms with van der Waals surface area (Å²) >= 11 is 0. The molecular weight excluding hydrogens is 444 g/mol. The molecule has 1 heterocycles. The number of amides is 3. The van der Waals surface area contributed by atoms with Gasteiger partial charge in [-0.25, -0.2) is 5.48 Å². The number of fused-ring (bicyclic) bond motifs is 1. The van der Waals surface area contributed by atoms with Crippen LogP contribution in [0.4, 0.5) is 5.69 Å². The first-order valence-electron chi connectivity index (χ1n) is 11.0. The molecule has 0 fully saturated rings. The SMILES string of the molecule is O=C(/C=C/c1ccc(C(=O)NO)cc1)N[C@@H](Cc1c[nH]c2ccccc12)C(=O)Nc1ccccc1. The van der Waals surface area contributed by atoms with Crippen LogP contribution in [0.2, 0.25) is 0 Å². The average Bonchev–Trinajstić information content (AvgIpc) is 3.30. The van der Waals surface area contributed by atoms with Crippen molar-refractivity contribution in [2.24, 2.45) is 0 Å². The van der Waals surface area contributed by atoms with Gasteiger partial charge < -0.3 is 15.6 Å². The van der Waals surface area contributed by atoms with Crippen LogP contribution in [-0.4, -0.2) is 34.0 Å². The molecule has 0 aliphatic carbocycles. The van der Waals surface area contributed by atoms with E-state index in [4.69, 9.17) is 5.21 Å². The van der Waals surface area contributed by atoms with E-state index in [2.05, 4.69) is 15.6 Å². The first kappa shape index (κ1) is 23.5. The molecule has 8 nitrogen and oxygen atoms in total. The number of anilines is 1. The van der Waals surface area contributed by atoms with Crippen LogP contribution >= 0.6 is 0 Å². The number of rotatable bonds is 8. The van der Waals surface area contributed by atoms with E-state index in [9.17, 15) is 14.4 Å². The minimum atomic E-state index is -0.817. The Hall–Kier alpha value is -4.69. The maximum absolute atomic E-state index is 13.1. The fourth-order valence-corrected chi connectivity index (χ4v) is 3.68. The van der Waals surface area contributed by atoms with Crippen molar-refractivity contribution >= 4 is 40.4 Å². The minimum absolute atomic E-state index is 0.283. The summed E-state index contributed by atoms with van der Waals surface area (Å²) in [6, 6.07) is 22.3. The zero-order valence-electron chi connectivity index (χ0n) is 18.7. The van der Waals surface area contributed by atoms with Crippen molar-refractivity contribution in [3.63, 3.8) is 0 Å². The van der Waals surface area contributed by atoms with Crippen LogP contribution in [0.3, 0.4) is 0 Å². The summed E-state index contributed by atoms with van der Waals surface area (Å²) in [6.45, 7) is 0. The zero-order chi connectivity index (χ0) is 24.6. The number of nitrogens with one attached hydrogen (secondary N) is 4. The molecule has 176 valence electrons. The van der Waals surface area contributed by atoms with Gasteiger partial charge in [-0.2, -0.15) is 0 Å². The lowest BCUT2D eigenvalue weighted by Gasteiger charge is -2.17. The number of para-hydroxylation sites is 2. The highest BCUT2D eigenvalue weighted by Gasteiger charge is 2.22. The van der Waals surface area contributed by atoms with E-state index in [1.54, 1.807) is 35.8 Å². The van der Waals surface area contributed by atoms with Crippen molar-refractivity contribution < 1.29 is 19.6 Å². The second kappa shape index (κ2) is 11.0. The van der Waals surface area contributed by atoms with Crippen LogP contribution in [0.1, 0.15) is 21.5 Å². The molecule has 0 saturated heterocycles. The molecule has 3 aromatic carbocycles. The molecule has 8 heteroatoms. The van der Waals surface area contributed by atoms with E-state index in [-0.39, 0.29) is 11.5 Å². The van der Waals surface area contributed by atoms with Crippen molar-refractivity contribution in [3.05, 3.63) is 108 Å². The smallest absolute Gasteiger partial charge is 0.274 e. The highest BCUT2D eigenvalue weighted by atomic mass is 16.5. The number of hydroxylamine groups is 1. The fourth-order valence-electron chi connectivity index (χ4n) is 3.68. The van der Waals surface area contributed by atoms with Gasteiger partial charge in [0.15, 0.2) is 0 Å². The summed E-state index contributed by atoms with van der Waals surface area (Å²) in [5.74, 6) is -1.39. The number of H-pyrrole nitrogens is 1. The Morgan fingerprint density at radius 2 is 1.63 bits per heavy atom. The standard InChI is InChI=1S/C27H24N4O4/c32-25(15-12-18-10-13-19(14-11-18)26(33)31-35)30-24(27(34)29-21-6-2-1-3-7-21)16-20-17-28-23-9-5-4-8-22(20)23/h1-15,17,24,28,35H,16H2,(H,29,34)(H,30,32)(H,31,33)/b15-12+/t24-/m0/s1. The molecule has 0 aliphatic heterocycles. The van der Waals surface area contributed by atoms with Gasteiger partial charge in [0.2, 0.25) is 11.8 Å². The Balaban J connectivity index is 1.50. The molecule has 0 unspecified atom stereocenters.